The standard InChI is InChI=1S/C19H19ClN2O/c20-17-7-5-16(6-8-17)19(10-11-19)21-18(23)22-12-9-14-3-1-2-4-15(14)13-22/h1-8H,9-13H2,(H,21,23). The van der Waals surface area contributed by atoms with E-state index in [1.807, 2.05) is 35.2 Å². The number of fused-ring (bicyclic) bond motifs is 1. The fourth-order valence-electron chi connectivity index (χ4n) is 3.33. The maximum atomic E-state index is 12.7. The molecule has 4 rings (SSSR count). The summed E-state index contributed by atoms with van der Waals surface area (Å²) in [4.78, 5) is 14.6. The van der Waals surface area contributed by atoms with Crippen molar-refractivity contribution in [2.75, 3.05) is 6.54 Å². The Labute approximate surface area is 141 Å². The monoisotopic (exact) mass is 326 g/mol. The quantitative estimate of drug-likeness (QED) is 0.885. The van der Waals surface area contributed by atoms with Crippen LogP contribution in [0.1, 0.15) is 29.5 Å². The van der Waals surface area contributed by atoms with Crippen molar-refractivity contribution in [3.8, 4) is 0 Å². The zero-order chi connectivity index (χ0) is 15.9. The number of hydrogen-bond acceptors (Lipinski definition) is 1. The van der Waals surface area contributed by atoms with Gasteiger partial charge >= 0.3 is 6.03 Å². The number of nitrogens with zero attached hydrogens (tertiary/aromatic N) is 1. The number of hydrogen-bond donors (Lipinski definition) is 1. The van der Waals surface area contributed by atoms with E-state index in [0.717, 1.165) is 36.4 Å². The van der Waals surface area contributed by atoms with Gasteiger partial charge in [0.15, 0.2) is 0 Å². The Bertz CT molecular complexity index is 737. The van der Waals surface area contributed by atoms with Crippen molar-refractivity contribution < 1.29 is 4.79 Å². The maximum absolute atomic E-state index is 12.7. The lowest BCUT2D eigenvalue weighted by molar-refractivity contribution is 0.187. The molecule has 118 valence electrons. The third kappa shape index (κ3) is 2.81. The molecule has 1 fully saturated rings. The van der Waals surface area contributed by atoms with E-state index in [4.69, 9.17) is 11.6 Å². The zero-order valence-electron chi connectivity index (χ0n) is 12.9. The maximum Gasteiger partial charge on any atom is 0.318 e. The van der Waals surface area contributed by atoms with E-state index in [2.05, 4.69) is 23.5 Å². The minimum atomic E-state index is -0.196. The number of halogens is 1. The predicted molar refractivity (Wildman–Crippen MR) is 91.5 cm³/mol. The first-order chi connectivity index (χ1) is 11.2. The third-order valence-corrected chi connectivity index (χ3v) is 5.16. The van der Waals surface area contributed by atoms with E-state index in [0.29, 0.717) is 6.54 Å². The van der Waals surface area contributed by atoms with E-state index < -0.39 is 0 Å². The van der Waals surface area contributed by atoms with Crippen LogP contribution in [-0.4, -0.2) is 17.5 Å². The molecule has 0 spiro atoms. The van der Waals surface area contributed by atoms with Crippen molar-refractivity contribution in [2.45, 2.75) is 31.3 Å². The molecule has 0 unspecified atom stereocenters. The Morgan fingerprint density at radius 2 is 1.74 bits per heavy atom. The highest BCUT2D eigenvalue weighted by molar-refractivity contribution is 6.30. The first-order valence-corrected chi connectivity index (χ1v) is 8.44. The SMILES string of the molecule is O=C(NC1(c2ccc(Cl)cc2)CC1)N1CCc2ccccc2C1. The molecule has 1 saturated carbocycles. The second kappa shape index (κ2) is 5.57. The minimum absolute atomic E-state index is 0.0342. The van der Waals surface area contributed by atoms with Gasteiger partial charge in [0, 0.05) is 18.1 Å². The van der Waals surface area contributed by atoms with Crippen molar-refractivity contribution in [1.29, 1.82) is 0 Å². The molecule has 4 heteroatoms. The van der Waals surface area contributed by atoms with Gasteiger partial charge in [0.2, 0.25) is 0 Å². The first-order valence-electron chi connectivity index (χ1n) is 8.06. The van der Waals surface area contributed by atoms with Crippen molar-refractivity contribution >= 4 is 17.6 Å². The van der Waals surface area contributed by atoms with Crippen LogP contribution < -0.4 is 5.32 Å². The van der Waals surface area contributed by atoms with Crippen molar-refractivity contribution in [2.24, 2.45) is 0 Å². The average Bonchev–Trinajstić information content (AvgIpc) is 3.35. The number of carbonyl (C=O) groups excluding carboxylic acids is 1. The molecular formula is C19H19ClN2O. The van der Waals surface area contributed by atoms with E-state index in [1.54, 1.807) is 0 Å². The number of rotatable bonds is 2. The Balaban J connectivity index is 1.47. The lowest BCUT2D eigenvalue weighted by Crippen LogP contribution is -2.46. The van der Waals surface area contributed by atoms with Crippen LogP contribution in [0.25, 0.3) is 0 Å². The summed E-state index contributed by atoms with van der Waals surface area (Å²) in [6, 6.07) is 16.2. The predicted octanol–water partition coefficient (Wildman–Crippen LogP) is 4.10. The minimum Gasteiger partial charge on any atom is -0.328 e. The number of nitrogens with one attached hydrogen (secondary N) is 1. The van der Waals surface area contributed by atoms with Crippen molar-refractivity contribution in [1.82, 2.24) is 10.2 Å². The molecule has 2 amide bonds. The Kier molecular flexibility index (Phi) is 3.53. The molecule has 0 aromatic heterocycles. The Morgan fingerprint density at radius 1 is 1.04 bits per heavy atom. The summed E-state index contributed by atoms with van der Waals surface area (Å²) >= 11 is 5.96. The van der Waals surface area contributed by atoms with Gasteiger partial charge in [-0.25, -0.2) is 4.79 Å². The van der Waals surface area contributed by atoms with Crippen LogP contribution in [0.4, 0.5) is 4.79 Å². The molecule has 1 aliphatic heterocycles. The zero-order valence-corrected chi connectivity index (χ0v) is 13.6. The van der Waals surface area contributed by atoms with Gasteiger partial charge in [-0.3, -0.25) is 0 Å². The third-order valence-electron chi connectivity index (χ3n) is 4.91. The van der Waals surface area contributed by atoms with E-state index in [-0.39, 0.29) is 11.6 Å². The van der Waals surface area contributed by atoms with Gasteiger partial charge in [0.1, 0.15) is 0 Å². The smallest absolute Gasteiger partial charge is 0.318 e. The van der Waals surface area contributed by atoms with Crippen LogP contribution in [0.5, 0.6) is 0 Å². The second-order valence-electron chi connectivity index (χ2n) is 6.46. The molecule has 0 saturated heterocycles. The number of carbonyl (C=O) groups is 1. The molecule has 0 atom stereocenters. The molecular weight excluding hydrogens is 308 g/mol. The van der Waals surface area contributed by atoms with Gasteiger partial charge in [-0.05, 0) is 48.1 Å². The van der Waals surface area contributed by atoms with Crippen molar-refractivity contribution in [3.63, 3.8) is 0 Å². The largest absolute Gasteiger partial charge is 0.328 e. The summed E-state index contributed by atoms with van der Waals surface area (Å²) in [5, 5.41) is 3.97. The number of amides is 2. The molecule has 2 aromatic carbocycles. The molecule has 0 bridgehead atoms. The molecule has 23 heavy (non-hydrogen) atoms. The summed E-state index contributed by atoms with van der Waals surface area (Å²) in [6.07, 6.45) is 2.91. The fourth-order valence-corrected chi connectivity index (χ4v) is 3.46. The van der Waals surface area contributed by atoms with Crippen LogP contribution in [0.3, 0.4) is 0 Å². The highest BCUT2D eigenvalue weighted by Gasteiger charge is 2.46. The van der Waals surface area contributed by atoms with Gasteiger partial charge < -0.3 is 10.2 Å². The van der Waals surface area contributed by atoms with Crippen LogP contribution in [0.2, 0.25) is 5.02 Å². The summed E-state index contributed by atoms with van der Waals surface area (Å²) in [7, 11) is 0. The summed E-state index contributed by atoms with van der Waals surface area (Å²) in [5.41, 5.74) is 3.56. The molecule has 2 aliphatic rings. The van der Waals surface area contributed by atoms with Gasteiger partial charge in [-0.2, -0.15) is 0 Å². The van der Waals surface area contributed by atoms with Crippen molar-refractivity contribution in [3.05, 3.63) is 70.2 Å². The van der Waals surface area contributed by atoms with E-state index >= 15 is 0 Å². The fraction of sp³-hybridized carbons (Fsp3) is 0.316. The lowest BCUT2D eigenvalue weighted by atomic mass is 10.00. The number of benzene rings is 2. The molecule has 1 N–H and O–H groups in total. The summed E-state index contributed by atoms with van der Waals surface area (Å²) < 4.78 is 0. The van der Waals surface area contributed by atoms with E-state index in [1.165, 1.54) is 11.1 Å². The molecule has 0 radical (unpaired) electrons. The van der Waals surface area contributed by atoms with Crippen LogP contribution in [0.15, 0.2) is 48.5 Å². The van der Waals surface area contributed by atoms with Gasteiger partial charge in [0.25, 0.3) is 0 Å². The van der Waals surface area contributed by atoms with Gasteiger partial charge in [-0.1, -0.05) is 48.0 Å². The topological polar surface area (TPSA) is 32.3 Å². The summed E-state index contributed by atoms with van der Waals surface area (Å²) in [6.45, 7) is 1.47. The Morgan fingerprint density at radius 3 is 2.43 bits per heavy atom. The molecule has 1 heterocycles. The van der Waals surface area contributed by atoms with Crippen LogP contribution >= 0.6 is 11.6 Å². The summed E-state index contributed by atoms with van der Waals surface area (Å²) in [5.74, 6) is 0. The Hall–Kier alpha value is -2.00. The lowest BCUT2D eigenvalue weighted by Gasteiger charge is -2.31. The molecule has 1 aliphatic carbocycles. The van der Waals surface area contributed by atoms with E-state index in [9.17, 15) is 4.79 Å². The number of urea groups is 1. The molecule has 2 aromatic rings. The highest BCUT2D eigenvalue weighted by Crippen LogP contribution is 2.45. The first kappa shape index (κ1) is 14.6. The normalized spacial score (nSPS) is 18.2. The van der Waals surface area contributed by atoms with Gasteiger partial charge in [-0.15, -0.1) is 0 Å². The molecule has 3 nitrogen and oxygen atoms in total. The van der Waals surface area contributed by atoms with Crippen LogP contribution in [0, 0.1) is 0 Å². The highest BCUT2D eigenvalue weighted by atomic mass is 35.5. The average molecular weight is 327 g/mol. The second-order valence-corrected chi connectivity index (χ2v) is 6.90. The van der Waals surface area contributed by atoms with Gasteiger partial charge in [0.05, 0.1) is 5.54 Å². The van der Waals surface area contributed by atoms with Crippen LogP contribution in [-0.2, 0) is 18.5 Å².